The molecule has 1 aliphatic rings. The van der Waals surface area contributed by atoms with Crippen LogP contribution in [0.3, 0.4) is 0 Å². The summed E-state index contributed by atoms with van der Waals surface area (Å²) in [6, 6.07) is 9.49. The van der Waals surface area contributed by atoms with E-state index in [-0.39, 0.29) is 48.7 Å². The molecule has 1 aromatic rings. The molecule has 1 aromatic carbocycles. The Morgan fingerprint density at radius 3 is 2.58 bits per heavy atom. The third-order valence-corrected chi connectivity index (χ3v) is 4.58. The molecule has 7 heteroatoms. The van der Waals surface area contributed by atoms with E-state index in [2.05, 4.69) is 22.8 Å². The minimum absolute atomic E-state index is 0. The van der Waals surface area contributed by atoms with Crippen molar-refractivity contribution in [3.05, 3.63) is 35.9 Å². The third kappa shape index (κ3) is 6.59. The smallest absolute Gasteiger partial charge is 0.239 e. The van der Waals surface area contributed by atoms with E-state index >= 15 is 0 Å². The minimum atomic E-state index is -0.595. The van der Waals surface area contributed by atoms with Crippen LogP contribution in [0.2, 0.25) is 0 Å². The minimum Gasteiger partial charge on any atom is -0.373 e. The molecule has 0 aromatic heterocycles. The number of nitrogens with two attached hydrogens (primary N) is 1. The normalized spacial score (nSPS) is 20.8. The van der Waals surface area contributed by atoms with Crippen molar-refractivity contribution < 1.29 is 14.3 Å². The Bertz CT molecular complexity index is 568. The Balaban J connectivity index is 0.00000338. The lowest BCUT2D eigenvalue weighted by Gasteiger charge is -2.32. The van der Waals surface area contributed by atoms with Crippen molar-refractivity contribution in [2.45, 2.75) is 38.8 Å². The van der Waals surface area contributed by atoms with Crippen molar-refractivity contribution in [3.63, 3.8) is 0 Å². The zero-order valence-electron chi connectivity index (χ0n) is 15.4. The fraction of sp³-hybridized carbons (Fsp3) is 0.579. The third-order valence-electron chi connectivity index (χ3n) is 4.58. The first kappa shape index (κ1) is 22.4. The first-order valence-corrected chi connectivity index (χ1v) is 8.95. The van der Waals surface area contributed by atoms with Gasteiger partial charge in [-0.1, -0.05) is 44.2 Å². The maximum Gasteiger partial charge on any atom is 0.239 e. The van der Waals surface area contributed by atoms with Crippen molar-refractivity contribution in [3.8, 4) is 0 Å². The number of halogens is 1. The lowest BCUT2D eigenvalue weighted by atomic mass is 9.89. The lowest BCUT2D eigenvalue weighted by Crippen LogP contribution is -2.47. The number of carbonyl (C=O) groups excluding carboxylic acids is 2. The predicted molar refractivity (Wildman–Crippen MR) is 104 cm³/mol. The summed E-state index contributed by atoms with van der Waals surface area (Å²) >= 11 is 0. The maximum atomic E-state index is 12.0. The van der Waals surface area contributed by atoms with Gasteiger partial charge in [0.2, 0.25) is 11.8 Å². The Hall–Kier alpha value is -1.63. The Morgan fingerprint density at radius 2 is 1.92 bits per heavy atom. The van der Waals surface area contributed by atoms with Gasteiger partial charge in [-0.15, -0.1) is 12.4 Å². The van der Waals surface area contributed by atoms with Crippen LogP contribution in [0.4, 0.5) is 0 Å². The number of amides is 2. The number of nitrogens with one attached hydrogen (secondary N) is 2. The van der Waals surface area contributed by atoms with Crippen LogP contribution >= 0.6 is 12.4 Å². The van der Waals surface area contributed by atoms with Crippen LogP contribution in [0.1, 0.15) is 38.4 Å². The molecule has 0 aliphatic carbocycles. The molecule has 3 atom stereocenters. The van der Waals surface area contributed by atoms with E-state index < -0.39 is 6.04 Å². The molecule has 26 heavy (non-hydrogen) atoms. The van der Waals surface area contributed by atoms with Gasteiger partial charge in [-0.05, 0) is 24.3 Å². The molecule has 4 N–H and O–H groups in total. The van der Waals surface area contributed by atoms with E-state index in [1.165, 1.54) is 0 Å². The highest BCUT2D eigenvalue weighted by Gasteiger charge is 2.27. The molecule has 1 heterocycles. The summed E-state index contributed by atoms with van der Waals surface area (Å²) < 4.78 is 5.93. The highest BCUT2D eigenvalue weighted by Crippen LogP contribution is 2.32. The van der Waals surface area contributed by atoms with E-state index in [9.17, 15) is 9.59 Å². The summed E-state index contributed by atoms with van der Waals surface area (Å²) in [6.07, 6.45) is 1.99. The van der Waals surface area contributed by atoms with Gasteiger partial charge >= 0.3 is 0 Å². The van der Waals surface area contributed by atoms with E-state index in [4.69, 9.17) is 10.5 Å². The summed E-state index contributed by atoms with van der Waals surface area (Å²) in [6.45, 7) is 4.97. The Kier molecular flexibility index (Phi) is 9.62. The average molecular weight is 384 g/mol. The fourth-order valence-electron chi connectivity index (χ4n) is 2.96. The molecule has 1 aliphatic heterocycles. The molecule has 1 saturated heterocycles. The fourth-order valence-corrected chi connectivity index (χ4v) is 2.96. The zero-order chi connectivity index (χ0) is 18.2. The average Bonchev–Trinajstić information content (AvgIpc) is 2.64. The quantitative estimate of drug-likeness (QED) is 0.669. The molecular weight excluding hydrogens is 354 g/mol. The molecule has 6 nitrogen and oxygen atoms in total. The van der Waals surface area contributed by atoms with Crippen molar-refractivity contribution in [1.29, 1.82) is 0 Å². The standard InChI is InChI=1S/C19H29N3O3.ClH/c1-13(2)17(20)19(24)22-12-16(23)21-11-15-9-6-10-25-18(15)14-7-4-3-5-8-14;/h3-5,7-8,13,15,17-18H,6,9-12,20H2,1-2H3,(H,21,23)(H,22,24);1H/t15?,17-,18?;/m0./s1. The van der Waals surface area contributed by atoms with Gasteiger partial charge in [-0.3, -0.25) is 9.59 Å². The molecule has 0 radical (unpaired) electrons. The zero-order valence-corrected chi connectivity index (χ0v) is 16.3. The molecule has 2 amide bonds. The van der Waals surface area contributed by atoms with Crippen LogP contribution in [0.25, 0.3) is 0 Å². The second-order valence-electron chi connectivity index (χ2n) is 6.90. The van der Waals surface area contributed by atoms with Gasteiger partial charge in [0.05, 0.1) is 18.7 Å². The van der Waals surface area contributed by atoms with Crippen molar-refractivity contribution in [1.82, 2.24) is 10.6 Å². The summed E-state index contributed by atoms with van der Waals surface area (Å²) in [5, 5.41) is 5.49. The molecule has 2 rings (SSSR count). The summed E-state index contributed by atoms with van der Waals surface area (Å²) in [5.41, 5.74) is 6.90. The summed E-state index contributed by atoms with van der Waals surface area (Å²) in [4.78, 5) is 23.8. The van der Waals surface area contributed by atoms with E-state index in [1.807, 2.05) is 32.0 Å². The second kappa shape index (κ2) is 11.2. The largest absolute Gasteiger partial charge is 0.373 e. The van der Waals surface area contributed by atoms with E-state index in [1.54, 1.807) is 0 Å². The van der Waals surface area contributed by atoms with Crippen LogP contribution in [-0.4, -0.2) is 37.6 Å². The molecule has 1 fully saturated rings. The first-order valence-electron chi connectivity index (χ1n) is 8.95. The monoisotopic (exact) mass is 383 g/mol. The number of rotatable bonds is 7. The number of hydrogen-bond donors (Lipinski definition) is 3. The van der Waals surface area contributed by atoms with Crippen LogP contribution < -0.4 is 16.4 Å². The van der Waals surface area contributed by atoms with Gasteiger partial charge in [0, 0.05) is 19.1 Å². The van der Waals surface area contributed by atoms with E-state index in [0.29, 0.717) is 6.54 Å². The molecule has 0 spiro atoms. The van der Waals surface area contributed by atoms with Gasteiger partial charge in [-0.2, -0.15) is 0 Å². The number of carbonyl (C=O) groups is 2. The molecular formula is C19H30ClN3O3. The van der Waals surface area contributed by atoms with Crippen LogP contribution in [0.15, 0.2) is 30.3 Å². The number of hydrogen-bond acceptors (Lipinski definition) is 4. The molecule has 2 unspecified atom stereocenters. The second-order valence-corrected chi connectivity index (χ2v) is 6.90. The molecule has 146 valence electrons. The highest BCUT2D eigenvalue weighted by molar-refractivity contribution is 5.87. The van der Waals surface area contributed by atoms with Crippen LogP contribution in [0.5, 0.6) is 0 Å². The first-order chi connectivity index (χ1) is 12.0. The SMILES string of the molecule is CC(C)[C@H](N)C(=O)NCC(=O)NCC1CCCOC1c1ccccc1.Cl. The van der Waals surface area contributed by atoms with Gasteiger partial charge in [0.25, 0.3) is 0 Å². The predicted octanol–water partition coefficient (Wildman–Crippen LogP) is 1.79. The Morgan fingerprint density at radius 1 is 1.23 bits per heavy atom. The topological polar surface area (TPSA) is 93.5 Å². The van der Waals surface area contributed by atoms with Gasteiger partial charge in [0.1, 0.15) is 0 Å². The summed E-state index contributed by atoms with van der Waals surface area (Å²) in [5.74, 6) is -0.238. The van der Waals surface area contributed by atoms with Crippen molar-refractivity contribution in [2.24, 2.45) is 17.6 Å². The van der Waals surface area contributed by atoms with Crippen LogP contribution in [-0.2, 0) is 14.3 Å². The number of ether oxygens (including phenoxy) is 1. The Labute approximate surface area is 161 Å². The van der Waals surface area contributed by atoms with Crippen molar-refractivity contribution >= 4 is 24.2 Å². The van der Waals surface area contributed by atoms with Crippen molar-refractivity contribution in [2.75, 3.05) is 19.7 Å². The molecule has 0 bridgehead atoms. The van der Waals surface area contributed by atoms with E-state index in [0.717, 1.165) is 25.0 Å². The summed E-state index contributed by atoms with van der Waals surface area (Å²) in [7, 11) is 0. The van der Waals surface area contributed by atoms with Gasteiger partial charge in [-0.25, -0.2) is 0 Å². The lowest BCUT2D eigenvalue weighted by molar-refractivity contribution is -0.127. The highest BCUT2D eigenvalue weighted by atomic mass is 35.5. The van der Waals surface area contributed by atoms with Crippen LogP contribution in [0, 0.1) is 11.8 Å². The van der Waals surface area contributed by atoms with Gasteiger partial charge in [0.15, 0.2) is 0 Å². The number of benzene rings is 1. The maximum absolute atomic E-state index is 12.0. The molecule has 0 saturated carbocycles. The van der Waals surface area contributed by atoms with Gasteiger partial charge < -0.3 is 21.1 Å².